The minimum Gasteiger partial charge on any atom is -0.454 e. The summed E-state index contributed by atoms with van der Waals surface area (Å²) in [7, 11) is 0. The Morgan fingerprint density at radius 2 is 2.16 bits per heavy atom. The lowest BCUT2D eigenvalue weighted by Crippen LogP contribution is -2.14. The number of halogens is 1. The summed E-state index contributed by atoms with van der Waals surface area (Å²) in [4.78, 5) is 0. The van der Waals surface area contributed by atoms with Crippen LogP contribution in [0.5, 0.6) is 11.5 Å². The maximum absolute atomic E-state index is 5.41. The standard InChI is InChI=1S/C14H20BrNO2S/c1-19-6-4-2-3-5-16-9-11-7-12(15)14-13(8-11)17-10-18-14/h7-8,16H,2-6,9-10H2,1H3. The van der Waals surface area contributed by atoms with Crippen LogP contribution in [-0.4, -0.2) is 25.3 Å². The van der Waals surface area contributed by atoms with Crippen LogP contribution in [0.15, 0.2) is 16.6 Å². The third-order valence-corrected chi connectivity index (χ3v) is 4.30. The van der Waals surface area contributed by atoms with Gasteiger partial charge in [0.2, 0.25) is 6.79 Å². The number of rotatable bonds is 8. The summed E-state index contributed by atoms with van der Waals surface area (Å²) < 4.78 is 11.8. The van der Waals surface area contributed by atoms with E-state index in [1.807, 2.05) is 17.8 Å². The zero-order chi connectivity index (χ0) is 13.5. The lowest BCUT2D eigenvalue weighted by atomic mass is 10.2. The first-order valence-electron chi connectivity index (χ1n) is 6.59. The quantitative estimate of drug-likeness (QED) is 0.726. The molecule has 19 heavy (non-hydrogen) atoms. The van der Waals surface area contributed by atoms with Crippen molar-refractivity contribution in [3.05, 3.63) is 22.2 Å². The Bertz CT molecular complexity index is 415. The second kappa shape index (κ2) is 8.02. The summed E-state index contributed by atoms with van der Waals surface area (Å²) in [5.41, 5.74) is 1.22. The van der Waals surface area contributed by atoms with E-state index in [0.29, 0.717) is 6.79 Å². The smallest absolute Gasteiger partial charge is 0.231 e. The average molecular weight is 346 g/mol. The molecule has 0 bridgehead atoms. The van der Waals surface area contributed by atoms with Gasteiger partial charge in [0.1, 0.15) is 0 Å². The van der Waals surface area contributed by atoms with Gasteiger partial charge in [-0.3, -0.25) is 0 Å². The fourth-order valence-corrected chi connectivity index (χ4v) is 3.13. The topological polar surface area (TPSA) is 30.5 Å². The molecule has 0 aliphatic carbocycles. The molecule has 1 aromatic rings. The SMILES string of the molecule is CSCCCCCNCc1cc(Br)c2c(c1)OCO2. The number of hydrogen-bond acceptors (Lipinski definition) is 4. The van der Waals surface area contributed by atoms with E-state index in [9.17, 15) is 0 Å². The molecule has 1 N–H and O–H groups in total. The van der Waals surface area contributed by atoms with E-state index in [4.69, 9.17) is 9.47 Å². The van der Waals surface area contributed by atoms with Crippen LogP contribution < -0.4 is 14.8 Å². The zero-order valence-electron chi connectivity index (χ0n) is 11.2. The van der Waals surface area contributed by atoms with Crippen LogP contribution in [-0.2, 0) is 6.54 Å². The normalized spacial score (nSPS) is 12.9. The van der Waals surface area contributed by atoms with E-state index in [0.717, 1.165) is 29.1 Å². The minimum absolute atomic E-state index is 0.320. The van der Waals surface area contributed by atoms with Crippen LogP contribution in [0, 0.1) is 0 Å². The van der Waals surface area contributed by atoms with Gasteiger partial charge in [0.15, 0.2) is 11.5 Å². The van der Waals surface area contributed by atoms with Crippen molar-refractivity contribution in [2.75, 3.05) is 25.3 Å². The minimum atomic E-state index is 0.320. The lowest BCUT2D eigenvalue weighted by molar-refractivity contribution is 0.173. The Morgan fingerprint density at radius 3 is 3.00 bits per heavy atom. The van der Waals surface area contributed by atoms with Gasteiger partial charge in [-0.1, -0.05) is 6.42 Å². The second-order valence-corrected chi connectivity index (χ2v) is 6.38. The summed E-state index contributed by atoms with van der Waals surface area (Å²) in [6.45, 7) is 2.26. The zero-order valence-corrected chi connectivity index (χ0v) is 13.6. The molecular weight excluding hydrogens is 326 g/mol. The van der Waals surface area contributed by atoms with Gasteiger partial charge in [-0.05, 0) is 65.0 Å². The summed E-state index contributed by atoms with van der Waals surface area (Å²) in [5.74, 6) is 2.93. The highest BCUT2D eigenvalue weighted by atomic mass is 79.9. The van der Waals surface area contributed by atoms with E-state index in [1.165, 1.54) is 30.6 Å². The molecular formula is C14H20BrNO2S. The third kappa shape index (κ3) is 4.58. The molecule has 0 fully saturated rings. The van der Waals surface area contributed by atoms with E-state index >= 15 is 0 Å². The fraction of sp³-hybridized carbons (Fsp3) is 0.571. The molecule has 0 radical (unpaired) electrons. The maximum Gasteiger partial charge on any atom is 0.231 e. The molecule has 5 heteroatoms. The van der Waals surface area contributed by atoms with Gasteiger partial charge in [-0.15, -0.1) is 0 Å². The first-order valence-corrected chi connectivity index (χ1v) is 8.77. The number of benzene rings is 1. The van der Waals surface area contributed by atoms with Crippen LogP contribution in [0.3, 0.4) is 0 Å². The van der Waals surface area contributed by atoms with Crippen molar-refractivity contribution in [3.8, 4) is 11.5 Å². The highest BCUT2D eigenvalue weighted by Gasteiger charge is 2.17. The monoisotopic (exact) mass is 345 g/mol. The van der Waals surface area contributed by atoms with Crippen molar-refractivity contribution in [1.29, 1.82) is 0 Å². The van der Waals surface area contributed by atoms with E-state index < -0.39 is 0 Å². The van der Waals surface area contributed by atoms with E-state index in [2.05, 4.69) is 33.6 Å². The number of fused-ring (bicyclic) bond motifs is 1. The molecule has 0 amide bonds. The first kappa shape index (κ1) is 15.0. The van der Waals surface area contributed by atoms with Gasteiger partial charge in [-0.2, -0.15) is 11.8 Å². The molecule has 106 valence electrons. The molecule has 0 atom stereocenters. The number of ether oxygens (including phenoxy) is 2. The van der Waals surface area contributed by atoms with Crippen LogP contribution in [0.1, 0.15) is 24.8 Å². The molecule has 0 unspecified atom stereocenters. The Labute approximate surface area is 127 Å². The molecule has 0 saturated carbocycles. The van der Waals surface area contributed by atoms with E-state index in [-0.39, 0.29) is 0 Å². The van der Waals surface area contributed by atoms with Crippen molar-refractivity contribution in [2.45, 2.75) is 25.8 Å². The predicted octanol–water partition coefficient (Wildman–Crippen LogP) is 3.80. The molecule has 2 rings (SSSR count). The van der Waals surface area contributed by atoms with Gasteiger partial charge >= 0.3 is 0 Å². The largest absolute Gasteiger partial charge is 0.454 e. The van der Waals surface area contributed by atoms with Crippen molar-refractivity contribution in [1.82, 2.24) is 5.32 Å². The van der Waals surface area contributed by atoms with E-state index in [1.54, 1.807) is 0 Å². The number of thioether (sulfide) groups is 1. The molecule has 3 nitrogen and oxygen atoms in total. The van der Waals surface area contributed by atoms with Gasteiger partial charge in [-0.25, -0.2) is 0 Å². The van der Waals surface area contributed by atoms with Crippen molar-refractivity contribution < 1.29 is 9.47 Å². The summed E-state index contributed by atoms with van der Waals surface area (Å²) in [6, 6.07) is 4.14. The summed E-state index contributed by atoms with van der Waals surface area (Å²) in [5, 5.41) is 3.47. The fourth-order valence-electron chi connectivity index (χ4n) is 2.03. The summed E-state index contributed by atoms with van der Waals surface area (Å²) >= 11 is 5.44. The van der Waals surface area contributed by atoms with Crippen molar-refractivity contribution in [3.63, 3.8) is 0 Å². The first-order chi connectivity index (χ1) is 9.31. The Morgan fingerprint density at radius 1 is 1.26 bits per heavy atom. The molecule has 0 aromatic heterocycles. The average Bonchev–Trinajstić information content (AvgIpc) is 2.86. The number of hydrogen-bond donors (Lipinski definition) is 1. The van der Waals surface area contributed by atoms with Gasteiger partial charge in [0, 0.05) is 6.54 Å². The lowest BCUT2D eigenvalue weighted by Gasteiger charge is -2.07. The molecule has 1 aromatic carbocycles. The van der Waals surface area contributed by atoms with Gasteiger partial charge < -0.3 is 14.8 Å². The van der Waals surface area contributed by atoms with Crippen LogP contribution in [0.2, 0.25) is 0 Å². The number of unbranched alkanes of at least 4 members (excludes halogenated alkanes) is 2. The van der Waals surface area contributed by atoms with Crippen LogP contribution >= 0.6 is 27.7 Å². The number of nitrogens with one attached hydrogen (secondary N) is 1. The van der Waals surface area contributed by atoms with Gasteiger partial charge in [0.25, 0.3) is 0 Å². The highest BCUT2D eigenvalue weighted by molar-refractivity contribution is 9.10. The molecule has 0 saturated heterocycles. The Hall–Kier alpha value is -0.390. The molecule has 1 aliphatic heterocycles. The molecule has 0 spiro atoms. The highest BCUT2D eigenvalue weighted by Crippen LogP contribution is 2.39. The van der Waals surface area contributed by atoms with Crippen LogP contribution in [0.4, 0.5) is 0 Å². The second-order valence-electron chi connectivity index (χ2n) is 4.54. The van der Waals surface area contributed by atoms with Gasteiger partial charge in [0.05, 0.1) is 4.47 Å². The van der Waals surface area contributed by atoms with Crippen LogP contribution in [0.25, 0.3) is 0 Å². The van der Waals surface area contributed by atoms with Crippen molar-refractivity contribution in [2.24, 2.45) is 0 Å². The Kier molecular flexibility index (Phi) is 6.34. The van der Waals surface area contributed by atoms with Crippen molar-refractivity contribution >= 4 is 27.7 Å². The third-order valence-electron chi connectivity index (χ3n) is 3.02. The molecule has 1 heterocycles. The molecule has 1 aliphatic rings. The predicted molar refractivity (Wildman–Crippen MR) is 84.2 cm³/mol. The Balaban J connectivity index is 1.70. The summed E-state index contributed by atoms with van der Waals surface area (Å²) in [6.07, 6.45) is 6.03. The maximum atomic E-state index is 5.41.